The first kappa shape index (κ1) is 14.3. The fraction of sp³-hybridized carbons (Fsp3) is 0.333. The van der Waals surface area contributed by atoms with Crippen LogP contribution < -0.4 is 5.32 Å². The van der Waals surface area contributed by atoms with Gasteiger partial charge in [-0.2, -0.15) is 0 Å². The molecule has 2 aromatic rings. The molecule has 1 aliphatic rings. The summed E-state index contributed by atoms with van der Waals surface area (Å²) in [4.78, 5) is 2.42. The minimum atomic E-state index is 0.157. The maximum Gasteiger partial charge on any atom is 0.0606 e. The van der Waals surface area contributed by atoms with E-state index in [1.54, 1.807) is 0 Å². The van der Waals surface area contributed by atoms with Crippen molar-refractivity contribution >= 4 is 0 Å². The molecule has 110 valence electrons. The van der Waals surface area contributed by atoms with Gasteiger partial charge in [0.15, 0.2) is 0 Å². The lowest BCUT2D eigenvalue weighted by Crippen LogP contribution is -2.54. The van der Waals surface area contributed by atoms with Gasteiger partial charge in [-0.1, -0.05) is 60.7 Å². The summed E-state index contributed by atoms with van der Waals surface area (Å²) in [7, 11) is 0. The van der Waals surface area contributed by atoms with Crippen molar-refractivity contribution in [1.82, 2.24) is 10.2 Å². The third kappa shape index (κ3) is 3.16. The lowest BCUT2D eigenvalue weighted by molar-refractivity contribution is 0.0760. The zero-order valence-corrected chi connectivity index (χ0v) is 12.2. The highest BCUT2D eigenvalue weighted by Gasteiger charge is 2.30. The van der Waals surface area contributed by atoms with E-state index in [-0.39, 0.29) is 18.7 Å². The summed E-state index contributed by atoms with van der Waals surface area (Å²) in [6.07, 6.45) is 0. The summed E-state index contributed by atoms with van der Waals surface area (Å²) < 4.78 is 0. The minimum absolute atomic E-state index is 0.157. The molecular formula is C18H22N2O. The molecule has 2 N–H and O–H groups in total. The average Bonchev–Trinajstić information content (AvgIpc) is 2.58. The van der Waals surface area contributed by atoms with Crippen LogP contribution in [-0.2, 0) is 0 Å². The van der Waals surface area contributed by atoms with E-state index in [1.807, 2.05) is 12.1 Å². The van der Waals surface area contributed by atoms with Crippen LogP contribution in [0.2, 0.25) is 0 Å². The molecule has 0 aromatic heterocycles. The Hall–Kier alpha value is -1.68. The summed E-state index contributed by atoms with van der Waals surface area (Å²) in [6, 6.07) is 21.5. The summed E-state index contributed by atoms with van der Waals surface area (Å²) >= 11 is 0. The Balaban J connectivity index is 2.00. The molecule has 3 rings (SSSR count). The van der Waals surface area contributed by atoms with Crippen molar-refractivity contribution in [2.75, 3.05) is 26.2 Å². The molecule has 0 unspecified atom stereocenters. The van der Waals surface area contributed by atoms with E-state index in [4.69, 9.17) is 0 Å². The van der Waals surface area contributed by atoms with Crippen molar-refractivity contribution in [3.8, 4) is 0 Å². The Kier molecular flexibility index (Phi) is 4.65. The third-order valence-electron chi connectivity index (χ3n) is 4.17. The van der Waals surface area contributed by atoms with Crippen molar-refractivity contribution in [1.29, 1.82) is 0 Å². The molecule has 0 saturated carbocycles. The van der Waals surface area contributed by atoms with Gasteiger partial charge >= 0.3 is 0 Å². The lowest BCUT2D eigenvalue weighted by atomic mass is 9.95. The van der Waals surface area contributed by atoms with Crippen molar-refractivity contribution < 1.29 is 5.11 Å². The smallest absolute Gasteiger partial charge is 0.0606 e. The molecule has 1 saturated heterocycles. The van der Waals surface area contributed by atoms with E-state index in [2.05, 4.69) is 58.7 Å². The van der Waals surface area contributed by atoms with Crippen molar-refractivity contribution in [2.45, 2.75) is 12.1 Å². The van der Waals surface area contributed by atoms with E-state index in [9.17, 15) is 5.11 Å². The second kappa shape index (κ2) is 6.85. The second-order valence-corrected chi connectivity index (χ2v) is 5.50. The van der Waals surface area contributed by atoms with Gasteiger partial charge in [-0.3, -0.25) is 4.90 Å². The topological polar surface area (TPSA) is 35.5 Å². The van der Waals surface area contributed by atoms with Crippen molar-refractivity contribution in [2.24, 2.45) is 0 Å². The summed E-state index contributed by atoms with van der Waals surface area (Å²) in [5.41, 5.74) is 2.56. The molecule has 1 fully saturated rings. The molecule has 0 bridgehead atoms. The van der Waals surface area contributed by atoms with Crippen LogP contribution in [-0.4, -0.2) is 42.3 Å². The van der Waals surface area contributed by atoms with Crippen LogP contribution in [0.4, 0.5) is 0 Å². The maximum absolute atomic E-state index is 9.72. The number of piperazine rings is 1. The van der Waals surface area contributed by atoms with Crippen molar-refractivity contribution in [3.05, 3.63) is 71.8 Å². The van der Waals surface area contributed by atoms with E-state index < -0.39 is 0 Å². The number of benzene rings is 2. The van der Waals surface area contributed by atoms with Gasteiger partial charge in [0.05, 0.1) is 12.6 Å². The monoisotopic (exact) mass is 282 g/mol. The normalized spacial score (nSPS) is 19.8. The van der Waals surface area contributed by atoms with E-state index >= 15 is 0 Å². The quantitative estimate of drug-likeness (QED) is 0.901. The van der Waals surface area contributed by atoms with Gasteiger partial charge in [-0.15, -0.1) is 0 Å². The predicted molar refractivity (Wildman–Crippen MR) is 85.2 cm³/mol. The first-order valence-electron chi connectivity index (χ1n) is 7.57. The van der Waals surface area contributed by atoms with Crippen LogP contribution in [0.3, 0.4) is 0 Å². The summed E-state index contributed by atoms with van der Waals surface area (Å²) in [5, 5.41) is 13.1. The Morgan fingerprint density at radius 2 is 1.57 bits per heavy atom. The summed E-state index contributed by atoms with van der Waals surface area (Å²) in [5.74, 6) is 0. The Morgan fingerprint density at radius 1 is 1.00 bits per heavy atom. The number of hydrogen-bond acceptors (Lipinski definition) is 3. The van der Waals surface area contributed by atoms with Gasteiger partial charge in [0.2, 0.25) is 0 Å². The zero-order valence-electron chi connectivity index (χ0n) is 12.2. The molecule has 3 heteroatoms. The predicted octanol–water partition coefficient (Wildman–Crippen LogP) is 2.04. The first-order valence-corrected chi connectivity index (χ1v) is 7.57. The third-order valence-corrected chi connectivity index (χ3v) is 4.17. The zero-order chi connectivity index (χ0) is 14.5. The Bertz CT molecular complexity index is 504. The number of nitrogens with one attached hydrogen (secondary N) is 1. The molecule has 21 heavy (non-hydrogen) atoms. The van der Waals surface area contributed by atoms with E-state index in [0.29, 0.717) is 0 Å². The molecular weight excluding hydrogens is 260 g/mol. The largest absolute Gasteiger partial charge is 0.395 e. The molecule has 1 atom stereocenters. The SMILES string of the molecule is OC[C@H]1CNCCN1C(c1ccccc1)c1ccccc1. The van der Waals surface area contributed by atoms with Gasteiger partial charge in [-0.05, 0) is 11.1 Å². The summed E-state index contributed by atoms with van der Waals surface area (Å²) in [6.45, 7) is 2.93. The lowest BCUT2D eigenvalue weighted by Gasteiger charge is -2.41. The van der Waals surface area contributed by atoms with Gasteiger partial charge < -0.3 is 10.4 Å². The number of hydrogen-bond donors (Lipinski definition) is 2. The molecule has 1 heterocycles. The highest BCUT2D eigenvalue weighted by atomic mass is 16.3. The van der Waals surface area contributed by atoms with Crippen LogP contribution in [0, 0.1) is 0 Å². The molecule has 0 spiro atoms. The Labute approximate surface area is 126 Å². The average molecular weight is 282 g/mol. The van der Waals surface area contributed by atoms with Gasteiger partial charge in [-0.25, -0.2) is 0 Å². The fourth-order valence-electron chi connectivity index (χ4n) is 3.13. The number of aliphatic hydroxyl groups excluding tert-OH is 1. The van der Waals surface area contributed by atoms with Crippen molar-refractivity contribution in [3.63, 3.8) is 0 Å². The highest BCUT2D eigenvalue weighted by molar-refractivity contribution is 5.32. The molecule has 1 aliphatic heterocycles. The van der Waals surface area contributed by atoms with Crippen LogP contribution in [0.15, 0.2) is 60.7 Å². The number of nitrogens with zero attached hydrogens (tertiary/aromatic N) is 1. The molecule has 0 aliphatic carbocycles. The van der Waals surface area contributed by atoms with Gasteiger partial charge in [0, 0.05) is 25.7 Å². The molecule has 0 radical (unpaired) electrons. The number of rotatable bonds is 4. The molecule has 3 nitrogen and oxygen atoms in total. The highest BCUT2D eigenvalue weighted by Crippen LogP contribution is 2.30. The van der Waals surface area contributed by atoms with Crippen LogP contribution in [0.1, 0.15) is 17.2 Å². The first-order chi connectivity index (χ1) is 10.4. The minimum Gasteiger partial charge on any atom is -0.395 e. The van der Waals surface area contributed by atoms with Crippen LogP contribution in [0.5, 0.6) is 0 Å². The van der Waals surface area contributed by atoms with Gasteiger partial charge in [0.1, 0.15) is 0 Å². The number of aliphatic hydroxyl groups is 1. The maximum atomic E-state index is 9.72. The van der Waals surface area contributed by atoms with Gasteiger partial charge in [0.25, 0.3) is 0 Å². The van der Waals surface area contributed by atoms with E-state index in [0.717, 1.165) is 19.6 Å². The standard InChI is InChI=1S/C18H22N2O/c21-14-17-13-19-11-12-20(17)18(15-7-3-1-4-8-15)16-9-5-2-6-10-16/h1-10,17-19,21H,11-14H2/t17-/m1/s1. The van der Waals surface area contributed by atoms with Crippen LogP contribution in [0.25, 0.3) is 0 Å². The fourth-order valence-corrected chi connectivity index (χ4v) is 3.13. The molecule has 0 amide bonds. The Morgan fingerprint density at radius 3 is 2.10 bits per heavy atom. The van der Waals surface area contributed by atoms with Crippen LogP contribution >= 0.6 is 0 Å². The second-order valence-electron chi connectivity index (χ2n) is 5.50. The molecule has 2 aromatic carbocycles. The van der Waals surface area contributed by atoms with E-state index in [1.165, 1.54) is 11.1 Å².